The summed E-state index contributed by atoms with van der Waals surface area (Å²) >= 11 is 9.40. The Bertz CT molecular complexity index is 924. The number of rotatable bonds is 5. The molecule has 0 unspecified atom stereocenters. The lowest BCUT2D eigenvalue weighted by molar-refractivity contribution is 0.301. The molecular formula is C17H21BrClN3O4S. The van der Waals surface area contributed by atoms with Gasteiger partial charge in [0, 0.05) is 11.9 Å². The normalized spacial score (nSPS) is 17.5. The van der Waals surface area contributed by atoms with Crippen molar-refractivity contribution in [2.24, 2.45) is 0 Å². The molecule has 0 aliphatic heterocycles. The molecule has 1 aromatic carbocycles. The second kappa shape index (κ2) is 8.06. The fraction of sp³-hybridized carbons (Fsp3) is 0.529. The molecule has 1 heterocycles. The highest BCUT2D eigenvalue weighted by molar-refractivity contribution is 9.10. The monoisotopic (exact) mass is 477 g/mol. The van der Waals surface area contributed by atoms with Crippen molar-refractivity contribution in [3.05, 3.63) is 33.3 Å². The molecule has 0 spiro atoms. The lowest BCUT2D eigenvalue weighted by Gasteiger charge is -2.30. The Labute approximate surface area is 172 Å². The highest BCUT2D eigenvalue weighted by Gasteiger charge is 2.42. The summed E-state index contributed by atoms with van der Waals surface area (Å²) < 4.78 is 40.4. The number of ether oxygens (including phenoxy) is 1. The second-order valence-electron chi connectivity index (χ2n) is 6.66. The maximum absolute atomic E-state index is 13.3. The molecule has 0 saturated heterocycles. The van der Waals surface area contributed by atoms with Gasteiger partial charge in [-0.2, -0.15) is 9.71 Å². The Kier molecular flexibility index (Phi) is 6.14. The molecule has 1 aliphatic rings. The largest absolute Gasteiger partial charge is 0.494 e. The van der Waals surface area contributed by atoms with Gasteiger partial charge in [-0.15, -0.1) is 0 Å². The van der Waals surface area contributed by atoms with Gasteiger partial charge in [0.05, 0.1) is 17.1 Å². The fourth-order valence-corrected chi connectivity index (χ4v) is 6.25. The van der Waals surface area contributed by atoms with Gasteiger partial charge in [-0.05, 0) is 40.9 Å². The van der Waals surface area contributed by atoms with Crippen molar-refractivity contribution in [2.75, 3.05) is 7.11 Å². The molecule has 3 rings (SSSR count). The van der Waals surface area contributed by atoms with Crippen molar-refractivity contribution >= 4 is 37.6 Å². The first-order chi connectivity index (χ1) is 12.8. The Morgan fingerprint density at radius 1 is 1.26 bits per heavy atom. The molecule has 1 aromatic heterocycles. The summed E-state index contributed by atoms with van der Waals surface area (Å²) in [6.45, 7) is 1.69. The number of sulfonamides is 1. The molecule has 1 fully saturated rings. The maximum atomic E-state index is 13.3. The van der Waals surface area contributed by atoms with Gasteiger partial charge in [-0.25, -0.2) is 8.42 Å². The summed E-state index contributed by atoms with van der Waals surface area (Å²) in [6, 6.07) is 2.96. The van der Waals surface area contributed by atoms with Crippen LogP contribution in [0.3, 0.4) is 0 Å². The smallest absolute Gasteiger partial charge is 0.245 e. The zero-order valence-electron chi connectivity index (χ0n) is 15.1. The third kappa shape index (κ3) is 4.31. The number of methoxy groups -OCH3 is 1. The standard InChI is InChI=1S/C17H21BrClN3O4S/c1-11-20-16(21-26-11)17(7-5-3-4-6-8-17)22-27(23,24)14-10-12(19)9-13(18)15(14)25-2/h9-10,22H,3-8H2,1-2H3. The zero-order chi connectivity index (χ0) is 19.7. The summed E-state index contributed by atoms with van der Waals surface area (Å²) in [7, 11) is -2.56. The molecule has 0 radical (unpaired) electrons. The highest BCUT2D eigenvalue weighted by Crippen LogP contribution is 2.39. The van der Waals surface area contributed by atoms with E-state index in [0.29, 0.717) is 29.0 Å². The average molecular weight is 479 g/mol. The van der Waals surface area contributed by atoms with Crippen LogP contribution in [-0.4, -0.2) is 25.7 Å². The SMILES string of the molecule is COc1c(Br)cc(Cl)cc1S(=O)(=O)NC1(c2noc(C)n2)CCCCCC1. The van der Waals surface area contributed by atoms with Crippen LogP contribution in [0.5, 0.6) is 5.75 Å². The number of nitrogens with zero attached hydrogens (tertiary/aromatic N) is 2. The van der Waals surface area contributed by atoms with Crippen LogP contribution in [0, 0.1) is 6.92 Å². The Morgan fingerprint density at radius 3 is 2.48 bits per heavy atom. The van der Waals surface area contributed by atoms with Gasteiger partial charge in [-0.3, -0.25) is 0 Å². The lowest BCUT2D eigenvalue weighted by atomic mass is 9.91. The Morgan fingerprint density at radius 2 is 1.93 bits per heavy atom. The minimum atomic E-state index is -3.97. The van der Waals surface area contributed by atoms with E-state index in [9.17, 15) is 8.42 Å². The van der Waals surface area contributed by atoms with Crippen LogP contribution in [0.1, 0.15) is 50.2 Å². The topological polar surface area (TPSA) is 94.3 Å². The van der Waals surface area contributed by atoms with Gasteiger partial charge in [0.25, 0.3) is 0 Å². The van der Waals surface area contributed by atoms with Crippen LogP contribution in [-0.2, 0) is 15.6 Å². The van der Waals surface area contributed by atoms with E-state index in [1.54, 1.807) is 13.0 Å². The van der Waals surface area contributed by atoms with Crippen molar-refractivity contribution in [1.29, 1.82) is 0 Å². The summed E-state index contributed by atoms with van der Waals surface area (Å²) in [4.78, 5) is 4.30. The van der Waals surface area contributed by atoms with Gasteiger partial charge in [0.1, 0.15) is 4.90 Å². The maximum Gasteiger partial charge on any atom is 0.245 e. The number of hydrogen-bond donors (Lipinski definition) is 1. The van der Waals surface area contributed by atoms with Crippen molar-refractivity contribution in [1.82, 2.24) is 14.9 Å². The Hall–Kier alpha value is -1.16. The van der Waals surface area contributed by atoms with E-state index >= 15 is 0 Å². The summed E-state index contributed by atoms with van der Waals surface area (Å²) in [5, 5.41) is 4.31. The zero-order valence-corrected chi connectivity index (χ0v) is 18.2. The summed E-state index contributed by atoms with van der Waals surface area (Å²) in [5.74, 6) is 0.960. The summed E-state index contributed by atoms with van der Waals surface area (Å²) in [5.41, 5.74) is -0.924. The third-order valence-electron chi connectivity index (χ3n) is 4.71. The van der Waals surface area contributed by atoms with Crippen molar-refractivity contribution in [3.8, 4) is 5.75 Å². The average Bonchev–Trinajstić information content (AvgIpc) is 2.90. The molecule has 10 heteroatoms. The highest BCUT2D eigenvalue weighted by atomic mass is 79.9. The van der Waals surface area contributed by atoms with Crippen LogP contribution >= 0.6 is 27.5 Å². The number of benzene rings is 1. The van der Waals surface area contributed by atoms with Crippen LogP contribution in [0.2, 0.25) is 5.02 Å². The predicted molar refractivity (Wildman–Crippen MR) is 104 cm³/mol. The fourth-order valence-electron chi connectivity index (χ4n) is 3.44. The van der Waals surface area contributed by atoms with E-state index in [1.807, 2.05) is 0 Å². The van der Waals surface area contributed by atoms with Crippen molar-refractivity contribution in [3.63, 3.8) is 0 Å². The number of aryl methyl sites for hydroxylation is 1. The first-order valence-corrected chi connectivity index (χ1v) is 11.3. The van der Waals surface area contributed by atoms with Crippen LogP contribution < -0.4 is 9.46 Å². The first-order valence-electron chi connectivity index (χ1n) is 8.65. The molecule has 1 aliphatic carbocycles. The molecular weight excluding hydrogens is 458 g/mol. The molecule has 148 valence electrons. The first kappa shape index (κ1) is 20.6. The number of nitrogens with one attached hydrogen (secondary N) is 1. The molecule has 1 saturated carbocycles. The van der Waals surface area contributed by atoms with Gasteiger partial charge < -0.3 is 9.26 Å². The number of halogens is 2. The van der Waals surface area contributed by atoms with Crippen LogP contribution in [0.15, 0.2) is 26.0 Å². The third-order valence-corrected chi connectivity index (χ3v) is 7.06. The molecule has 0 atom stereocenters. The van der Waals surface area contributed by atoms with E-state index in [4.69, 9.17) is 20.9 Å². The molecule has 0 bridgehead atoms. The van der Waals surface area contributed by atoms with Gasteiger partial charge in [0.2, 0.25) is 15.9 Å². The van der Waals surface area contributed by atoms with Crippen LogP contribution in [0.25, 0.3) is 0 Å². The van der Waals surface area contributed by atoms with Crippen LogP contribution in [0.4, 0.5) is 0 Å². The van der Waals surface area contributed by atoms with Gasteiger partial charge in [-0.1, -0.05) is 42.4 Å². The second-order valence-corrected chi connectivity index (χ2v) is 9.60. The quantitative estimate of drug-likeness (QED) is 0.643. The minimum Gasteiger partial charge on any atom is -0.494 e. The van der Waals surface area contributed by atoms with E-state index in [0.717, 1.165) is 25.7 Å². The van der Waals surface area contributed by atoms with Crippen molar-refractivity contribution < 1.29 is 17.7 Å². The molecule has 27 heavy (non-hydrogen) atoms. The molecule has 0 amide bonds. The van der Waals surface area contributed by atoms with E-state index in [2.05, 4.69) is 30.8 Å². The van der Waals surface area contributed by atoms with E-state index in [1.165, 1.54) is 13.2 Å². The summed E-state index contributed by atoms with van der Waals surface area (Å²) in [6.07, 6.45) is 4.99. The van der Waals surface area contributed by atoms with Gasteiger partial charge in [0.15, 0.2) is 11.6 Å². The van der Waals surface area contributed by atoms with E-state index in [-0.39, 0.29) is 15.7 Å². The molecule has 2 aromatic rings. The predicted octanol–water partition coefficient (Wildman–Crippen LogP) is 4.33. The minimum absolute atomic E-state index is 0.0341. The lowest BCUT2D eigenvalue weighted by Crippen LogP contribution is -2.46. The van der Waals surface area contributed by atoms with Crippen molar-refractivity contribution in [2.45, 2.75) is 55.9 Å². The number of hydrogen-bond acceptors (Lipinski definition) is 6. The van der Waals surface area contributed by atoms with E-state index < -0.39 is 15.6 Å². The van der Waals surface area contributed by atoms with Gasteiger partial charge >= 0.3 is 0 Å². The number of aromatic nitrogens is 2. The molecule has 7 nitrogen and oxygen atoms in total. The molecule has 1 N–H and O–H groups in total. The Balaban J connectivity index is 2.08.